The maximum absolute atomic E-state index is 14.9. The Kier molecular flexibility index (Phi) is 11.2. The minimum absolute atomic E-state index is 0.110. The molecule has 2 saturated heterocycles. The van der Waals surface area contributed by atoms with Crippen LogP contribution in [0.2, 0.25) is 0 Å². The average Bonchev–Trinajstić information content (AvgIpc) is 3.72. The minimum atomic E-state index is -0.908. The first-order chi connectivity index (χ1) is 31.4. The molecule has 5 aromatic carbocycles. The fraction of sp³-hybridized carbons (Fsp3) is 0.280. The third kappa shape index (κ3) is 7.66. The van der Waals surface area contributed by atoms with Crippen molar-refractivity contribution in [3.8, 4) is 17.2 Å². The van der Waals surface area contributed by atoms with Crippen LogP contribution >= 0.6 is 0 Å². The first-order valence-corrected chi connectivity index (χ1v) is 21.4. The van der Waals surface area contributed by atoms with Crippen molar-refractivity contribution in [3.63, 3.8) is 0 Å². The summed E-state index contributed by atoms with van der Waals surface area (Å²) in [6.07, 6.45) is 2.36. The highest BCUT2D eigenvalue weighted by molar-refractivity contribution is 6.24. The van der Waals surface area contributed by atoms with Gasteiger partial charge in [0.15, 0.2) is 0 Å². The standard InChI is InChI=1S/C50H48N8O7/c1-55(2)32-15-7-28(8-16-32)51-53-30-11-19-34(20-12-30)57-47(60)38-24-23-37-39(43(38)49(57)62)27-40-45(44(37)46-41(64-5)25-36(59)26-42(46)65-6)50(63)58(48(40)61)35-21-13-31(14-22-35)54-52-29-9-17-33(18-10-29)56(3)4/h7-23,25-26,38-40,43-45,59H,24,27H2,1-6H3/t38-,39+,40+,43-,44-,45+/m0/s1. The number of methoxy groups -OCH3 is 2. The average molecular weight is 873 g/mol. The maximum Gasteiger partial charge on any atom is 0.238 e. The Hall–Kier alpha value is -7.68. The zero-order chi connectivity index (χ0) is 45.7. The lowest BCUT2D eigenvalue weighted by Crippen LogP contribution is -2.43. The highest BCUT2D eigenvalue weighted by Gasteiger charge is 2.63. The van der Waals surface area contributed by atoms with Crippen LogP contribution < -0.4 is 29.1 Å². The van der Waals surface area contributed by atoms with Crippen LogP contribution in [0, 0.1) is 29.6 Å². The fourth-order valence-corrected chi connectivity index (χ4v) is 9.85. The van der Waals surface area contributed by atoms with Crippen LogP contribution in [0.5, 0.6) is 17.2 Å². The molecule has 2 heterocycles. The van der Waals surface area contributed by atoms with E-state index < -0.39 is 47.3 Å². The monoisotopic (exact) mass is 872 g/mol. The van der Waals surface area contributed by atoms with Crippen molar-refractivity contribution >= 4 is 69.1 Å². The second kappa shape index (κ2) is 17.1. The van der Waals surface area contributed by atoms with E-state index in [1.807, 2.05) is 92.6 Å². The molecule has 9 rings (SSSR count). The number of amides is 4. The van der Waals surface area contributed by atoms with Crippen LogP contribution in [0.25, 0.3) is 0 Å². The van der Waals surface area contributed by atoms with E-state index in [2.05, 4.69) is 20.5 Å². The SMILES string of the molecule is COc1cc(O)cc(OC)c1[C@H]1C2=CC[C@@H]3C(=O)N(c4ccc(N=Nc5ccc(N(C)C)cc5)cc4)C(=O)[C@@H]3[C@@H]2C[C@H]2C(=O)N(c3ccc(N=Nc4ccc(N(C)C)cc4)cc3)C(=O)[C@@H]12. The van der Waals surface area contributed by atoms with Crippen molar-refractivity contribution in [1.82, 2.24) is 0 Å². The van der Waals surface area contributed by atoms with Crippen molar-refractivity contribution in [2.75, 3.05) is 62.0 Å². The number of carbonyl (C=O) groups excluding carboxylic acids is 4. The number of phenolic OH excluding ortho intramolecular Hbond substituents is 1. The van der Waals surface area contributed by atoms with Gasteiger partial charge in [-0.25, -0.2) is 0 Å². The number of hydrogen-bond donors (Lipinski definition) is 1. The van der Waals surface area contributed by atoms with Gasteiger partial charge >= 0.3 is 0 Å². The zero-order valence-corrected chi connectivity index (χ0v) is 36.8. The molecular weight excluding hydrogens is 825 g/mol. The number of imide groups is 2. The lowest BCUT2D eigenvalue weighted by molar-refractivity contribution is -0.126. The summed E-state index contributed by atoms with van der Waals surface area (Å²) in [4.78, 5) is 65.0. The number of hydrogen-bond acceptors (Lipinski definition) is 13. The van der Waals surface area contributed by atoms with Gasteiger partial charge in [-0.1, -0.05) is 11.6 Å². The van der Waals surface area contributed by atoms with Gasteiger partial charge in [0.05, 0.1) is 72.0 Å². The molecule has 1 N–H and O–H groups in total. The first-order valence-electron chi connectivity index (χ1n) is 21.4. The normalized spacial score (nSPS) is 22.6. The predicted octanol–water partition coefficient (Wildman–Crippen LogP) is 9.42. The van der Waals surface area contributed by atoms with E-state index in [-0.39, 0.29) is 41.9 Å². The van der Waals surface area contributed by atoms with Crippen molar-refractivity contribution in [2.45, 2.75) is 18.8 Å². The van der Waals surface area contributed by atoms with Crippen molar-refractivity contribution in [3.05, 3.63) is 126 Å². The molecule has 0 unspecified atom stereocenters. The van der Waals surface area contributed by atoms with E-state index in [0.29, 0.717) is 39.7 Å². The van der Waals surface area contributed by atoms with Crippen LogP contribution in [0.1, 0.15) is 24.3 Å². The number of allylic oxidation sites excluding steroid dienone is 2. The van der Waals surface area contributed by atoms with Crippen LogP contribution in [0.15, 0.2) is 141 Å². The van der Waals surface area contributed by atoms with Gasteiger partial charge in [-0.05, 0) is 116 Å². The molecule has 4 amide bonds. The van der Waals surface area contributed by atoms with E-state index in [0.717, 1.165) is 16.9 Å². The van der Waals surface area contributed by atoms with Gasteiger partial charge in [0, 0.05) is 63.2 Å². The third-order valence-electron chi connectivity index (χ3n) is 13.0. The number of aromatic hydroxyl groups is 1. The Morgan fingerprint density at radius 1 is 0.538 bits per heavy atom. The molecule has 330 valence electrons. The number of azo groups is 2. The van der Waals surface area contributed by atoms with Crippen LogP contribution in [-0.4, -0.2) is 71.1 Å². The molecule has 1 saturated carbocycles. The largest absolute Gasteiger partial charge is 0.508 e. The van der Waals surface area contributed by atoms with Gasteiger partial charge in [0.2, 0.25) is 23.6 Å². The minimum Gasteiger partial charge on any atom is -0.508 e. The predicted molar refractivity (Wildman–Crippen MR) is 246 cm³/mol. The van der Waals surface area contributed by atoms with Crippen LogP contribution in [-0.2, 0) is 19.2 Å². The Morgan fingerprint density at radius 2 is 0.938 bits per heavy atom. The van der Waals surface area contributed by atoms with Gasteiger partial charge in [-0.2, -0.15) is 20.5 Å². The Labute approximate surface area is 376 Å². The zero-order valence-electron chi connectivity index (χ0n) is 36.8. The Balaban J connectivity index is 1.02. The summed E-state index contributed by atoms with van der Waals surface area (Å²) in [6.45, 7) is 0. The van der Waals surface area contributed by atoms with Gasteiger partial charge in [-0.3, -0.25) is 29.0 Å². The molecule has 4 aliphatic rings. The lowest BCUT2D eigenvalue weighted by Gasteiger charge is -2.44. The smallest absolute Gasteiger partial charge is 0.238 e. The van der Waals surface area contributed by atoms with Gasteiger partial charge in [0.25, 0.3) is 0 Å². The van der Waals surface area contributed by atoms with E-state index in [9.17, 15) is 24.3 Å². The summed E-state index contributed by atoms with van der Waals surface area (Å²) < 4.78 is 11.7. The topological polar surface area (TPSA) is 169 Å². The van der Waals surface area contributed by atoms with Crippen LogP contribution in [0.4, 0.5) is 45.5 Å². The number of benzene rings is 5. The number of ether oxygens (including phenoxy) is 2. The number of nitrogens with zero attached hydrogens (tertiary/aromatic N) is 8. The number of fused-ring (bicyclic) bond motifs is 4. The van der Waals surface area contributed by atoms with Crippen LogP contribution in [0.3, 0.4) is 0 Å². The van der Waals surface area contributed by atoms with E-state index >= 15 is 0 Å². The lowest BCUT2D eigenvalue weighted by atomic mass is 9.57. The summed E-state index contributed by atoms with van der Waals surface area (Å²) in [5.74, 6) is -5.75. The summed E-state index contributed by atoms with van der Waals surface area (Å²) in [5, 5.41) is 28.1. The number of carbonyl (C=O) groups is 4. The van der Waals surface area contributed by atoms with Crippen molar-refractivity contribution in [2.24, 2.45) is 50.0 Å². The molecule has 3 fully saturated rings. The maximum atomic E-state index is 14.9. The Bertz CT molecular complexity index is 2740. The molecule has 2 aliphatic heterocycles. The number of anilines is 4. The molecule has 65 heavy (non-hydrogen) atoms. The van der Waals surface area contributed by atoms with Crippen molar-refractivity contribution in [1.29, 1.82) is 0 Å². The highest BCUT2D eigenvalue weighted by Crippen LogP contribution is 2.61. The van der Waals surface area contributed by atoms with E-state index in [1.54, 1.807) is 48.5 Å². The van der Waals surface area contributed by atoms with Gasteiger partial charge in [0.1, 0.15) is 17.2 Å². The first kappa shape index (κ1) is 42.6. The molecule has 2 aliphatic carbocycles. The second-order valence-corrected chi connectivity index (χ2v) is 17.1. The highest BCUT2D eigenvalue weighted by atomic mass is 16.5. The van der Waals surface area contributed by atoms with Gasteiger partial charge in [-0.15, -0.1) is 0 Å². The quantitative estimate of drug-likeness (QED) is 0.0772. The summed E-state index contributed by atoms with van der Waals surface area (Å²) >= 11 is 0. The van der Waals surface area contributed by atoms with E-state index in [1.165, 1.54) is 36.2 Å². The Morgan fingerprint density at radius 3 is 1.35 bits per heavy atom. The van der Waals surface area contributed by atoms with Crippen molar-refractivity contribution < 1.29 is 33.8 Å². The number of phenols is 1. The van der Waals surface area contributed by atoms with Gasteiger partial charge < -0.3 is 24.4 Å². The number of rotatable bonds is 11. The molecule has 0 aromatic heterocycles. The fourth-order valence-electron chi connectivity index (χ4n) is 9.85. The molecule has 15 nitrogen and oxygen atoms in total. The summed E-state index contributed by atoms with van der Waals surface area (Å²) in [6, 6.07) is 31.7. The molecule has 0 radical (unpaired) electrons. The summed E-state index contributed by atoms with van der Waals surface area (Å²) in [5.41, 5.74) is 6.48. The summed E-state index contributed by atoms with van der Waals surface area (Å²) in [7, 11) is 10.8. The molecular formula is C50H48N8O7. The van der Waals surface area contributed by atoms with E-state index in [4.69, 9.17) is 9.47 Å². The molecule has 15 heteroatoms. The molecule has 5 aromatic rings. The molecule has 0 bridgehead atoms. The third-order valence-corrected chi connectivity index (χ3v) is 13.0. The second-order valence-electron chi connectivity index (χ2n) is 17.1. The molecule has 0 spiro atoms. The molecule has 6 atom stereocenters.